The molecule has 19 heavy (non-hydrogen) atoms. The first-order valence-electron chi connectivity index (χ1n) is 5.96. The molecule has 1 aromatic carbocycles. The summed E-state index contributed by atoms with van der Waals surface area (Å²) in [6.07, 6.45) is 0.0851. The van der Waals surface area contributed by atoms with Crippen LogP contribution in [0.3, 0.4) is 0 Å². The maximum Gasteiger partial charge on any atom is 0.233 e. The van der Waals surface area contributed by atoms with Gasteiger partial charge in [0.15, 0.2) is 0 Å². The van der Waals surface area contributed by atoms with Crippen molar-refractivity contribution in [2.45, 2.75) is 26.5 Å². The zero-order valence-corrected chi connectivity index (χ0v) is 12.4. The van der Waals surface area contributed by atoms with Crippen LogP contribution in [0.4, 0.5) is 0 Å². The highest BCUT2D eigenvalue weighted by Crippen LogP contribution is 2.23. The second-order valence-electron chi connectivity index (χ2n) is 4.53. The number of hydrogen-bond acceptors (Lipinski definition) is 2. The zero-order valence-electron chi connectivity index (χ0n) is 10.9. The van der Waals surface area contributed by atoms with Crippen molar-refractivity contribution in [3.05, 3.63) is 52.5 Å². The molecule has 5 heteroatoms. The molecule has 0 unspecified atom stereocenters. The molecule has 0 saturated carbocycles. The molecule has 0 N–H and O–H groups in total. The van der Waals surface area contributed by atoms with Crippen molar-refractivity contribution in [2.75, 3.05) is 0 Å². The molecule has 0 atom stereocenters. The highest BCUT2D eigenvalue weighted by molar-refractivity contribution is 6.35. The molecule has 0 saturated heterocycles. The summed E-state index contributed by atoms with van der Waals surface area (Å²) in [5, 5.41) is 5.59. The Balaban J connectivity index is 2.21. The average molecular weight is 298 g/mol. The van der Waals surface area contributed by atoms with Crippen molar-refractivity contribution < 1.29 is 4.74 Å². The first kappa shape index (κ1) is 14.2. The molecule has 2 rings (SSSR count). The Kier molecular flexibility index (Phi) is 4.38. The van der Waals surface area contributed by atoms with E-state index in [9.17, 15) is 0 Å². The molecular weight excluding hydrogens is 283 g/mol. The van der Waals surface area contributed by atoms with Gasteiger partial charge in [0.05, 0.1) is 12.6 Å². The van der Waals surface area contributed by atoms with Gasteiger partial charge in [-0.1, -0.05) is 29.3 Å². The number of benzene rings is 1. The average Bonchev–Trinajstić information content (AvgIpc) is 2.62. The number of nitrogens with zero attached hydrogens (tertiary/aromatic N) is 2. The Hall–Kier alpha value is -1.19. The van der Waals surface area contributed by atoms with Gasteiger partial charge < -0.3 is 4.74 Å². The third kappa shape index (κ3) is 3.64. The fourth-order valence-electron chi connectivity index (χ4n) is 1.68. The van der Waals surface area contributed by atoms with E-state index < -0.39 is 0 Å². The second-order valence-corrected chi connectivity index (χ2v) is 5.38. The smallest absolute Gasteiger partial charge is 0.233 e. The van der Waals surface area contributed by atoms with Gasteiger partial charge >= 0.3 is 0 Å². The number of rotatable bonds is 4. The van der Waals surface area contributed by atoms with E-state index in [2.05, 4.69) is 12.0 Å². The summed E-state index contributed by atoms with van der Waals surface area (Å²) in [6.45, 7) is 8.39. The summed E-state index contributed by atoms with van der Waals surface area (Å²) in [5.41, 5.74) is 1.72. The maximum atomic E-state index is 6.15. The molecule has 0 aliphatic heterocycles. The van der Waals surface area contributed by atoms with Crippen LogP contribution >= 0.6 is 23.2 Å². The number of halogens is 2. The lowest BCUT2D eigenvalue weighted by atomic mass is 10.2. The SMILES string of the molecule is [CH2]c1cc(OC(C)C)nn1Cc1ccc(Cl)cc1Cl. The van der Waals surface area contributed by atoms with Crippen molar-refractivity contribution >= 4 is 23.2 Å². The van der Waals surface area contributed by atoms with E-state index in [0.717, 1.165) is 11.3 Å². The predicted octanol–water partition coefficient (Wildman–Crippen LogP) is 4.21. The summed E-state index contributed by atoms with van der Waals surface area (Å²) in [6, 6.07) is 7.22. The highest BCUT2D eigenvalue weighted by atomic mass is 35.5. The van der Waals surface area contributed by atoms with Gasteiger partial charge in [0.2, 0.25) is 5.88 Å². The Morgan fingerprint density at radius 1 is 1.32 bits per heavy atom. The monoisotopic (exact) mass is 297 g/mol. The third-order valence-corrected chi connectivity index (χ3v) is 3.12. The second kappa shape index (κ2) is 5.85. The minimum Gasteiger partial charge on any atom is -0.474 e. The standard InChI is InChI=1S/C14H15Cl2N2O/c1-9(2)19-14-6-10(3)18(17-14)8-11-4-5-12(15)7-13(11)16/h4-7,9H,3,8H2,1-2H3. The number of ether oxygens (including phenoxy) is 1. The van der Waals surface area contributed by atoms with Crippen LogP contribution in [0.15, 0.2) is 24.3 Å². The molecule has 2 aromatic rings. The molecule has 1 radical (unpaired) electrons. The van der Waals surface area contributed by atoms with Crippen LogP contribution in [0.1, 0.15) is 25.1 Å². The van der Waals surface area contributed by atoms with E-state index >= 15 is 0 Å². The summed E-state index contributed by atoms with van der Waals surface area (Å²) >= 11 is 12.0. The predicted molar refractivity (Wildman–Crippen MR) is 78.0 cm³/mol. The van der Waals surface area contributed by atoms with Gasteiger partial charge in [0.25, 0.3) is 0 Å². The Morgan fingerprint density at radius 3 is 2.68 bits per heavy atom. The van der Waals surface area contributed by atoms with Crippen molar-refractivity contribution in [3.8, 4) is 5.88 Å². The largest absolute Gasteiger partial charge is 0.474 e. The van der Waals surface area contributed by atoms with Crippen LogP contribution in [0, 0.1) is 6.92 Å². The summed E-state index contributed by atoms with van der Waals surface area (Å²) in [5.74, 6) is 0.574. The molecule has 0 aliphatic carbocycles. The van der Waals surface area contributed by atoms with Gasteiger partial charge in [-0.3, -0.25) is 4.68 Å². The highest BCUT2D eigenvalue weighted by Gasteiger charge is 2.09. The topological polar surface area (TPSA) is 27.1 Å². The molecular formula is C14H15Cl2N2O. The molecule has 101 valence electrons. The van der Waals surface area contributed by atoms with E-state index in [1.807, 2.05) is 26.0 Å². The van der Waals surface area contributed by atoms with E-state index in [1.165, 1.54) is 0 Å². The van der Waals surface area contributed by atoms with Crippen LogP contribution in [0.5, 0.6) is 5.88 Å². The van der Waals surface area contributed by atoms with E-state index in [-0.39, 0.29) is 6.10 Å². The number of hydrogen-bond donors (Lipinski definition) is 0. The van der Waals surface area contributed by atoms with Gasteiger partial charge in [-0.25, -0.2) is 0 Å². The van der Waals surface area contributed by atoms with E-state index in [1.54, 1.807) is 16.8 Å². The van der Waals surface area contributed by atoms with Gasteiger partial charge in [0, 0.05) is 21.8 Å². The van der Waals surface area contributed by atoms with Gasteiger partial charge in [-0.15, -0.1) is 5.10 Å². The van der Waals surface area contributed by atoms with Gasteiger partial charge in [-0.2, -0.15) is 0 Å². The molecule has 1 aromatic heterocycles. The first-order chi connectivity index (χ1) is 8.95. The lowest BCUT2D eigenvalue weighted by Crippen LogP contribution is -2.08. The third-order valence-electron chi connectivity index (χ3n) is 2.53. The van der Waals surface area contributed by atoms with Crippen LogP contribution in [-0.2, 0) is 6.54 Å². The zero-order chi connectivity index (χ0) is 14.0. The Morgan fingerprint density at radius 2 is 2.05 bits per heavy atom. The molecule has 0 spiro atoms. The minimum atomic E-state index is 0.0851. The normalized spacial score (nSPS) is 11.1. The Labute approximate surface area is 123 Å². The summed E-state index contributed by atoms with van der Waals surface area (Å²) in [7, 11) is 0. The van der Waals surface area contributed by atoms with Crippen molar-refractivity contribution in [1.82, 2.24) is 9.78 Å². The van der Waals surface area contributed by atoms with E-state index in [4.69, 9.17) is 27.9 Å². The molecule has 1 heterocycles. The van der Waals surface area contributed by atoms with Gasteiger partial charge in [0.1, 0.15) is 0 Å². The molecule has 0 amide bonds. The Bertz CT molecular complexity index is 579. The van der Waals surface area contributed by atoms with Crippen molar-refractivity contribution in [1.29, 1.82) is 0 Å². The van der Waals surface area contributed by atoms with Crippen LogP contribution < -0.4 is 4.74 Å². The van der Waals surface area contributed by atoms with E-state index in [0.29, 0.717) is 22.5 Å². The van der Waals surface area contributed by atoms with Crippen LogP contribution in [0.2, 0.25) is 10.0 Å². The fraction of sp³-hybridized carbons (Fsp3) is 0.286. The lowest BCUT2D eigenvalue weighted by molar-refractivity contribution is 0.230. The number of aromatic nitrogens is 2. The van der Waals surface area contributed by atoms with Crippen LogP contribution in [-0.4, -0.2) is 15.9 Å². The maximum absolute atomic E-state index is 6.15. The molecule has 0 aliphatic rings. The molecule has 3 nitrogen and oxygen atoms in total. The quantitative estimate of drug-likeness (QED) is 0.845. The minimum absolute atomic E-state index is 0.0851. The summed E-state index contributed by atoms with van der Waals surface area (Å²) < 4.78 is 7.29. The lowest BCUT2D eigenvalue weighted by Gasteiger charge is -2.07. The first-order valence-corrected chi connectivity index (χ1v) is 6.71. The summed E-state index contributed by atoms with van der Waals surface area (Å²) in [4.78, 5) is 0. The van der Waals surface area contributed by atoms with Crippen LogP contribution in [0.25, 0.3) is 0 Å². The molecule has 0 bridgehead atoms. The fourth-order valence-corrected chi connectivity index (χ4v) is 2.14. The van der Waals surface area contributed by atoms with Gasteiger partial charge in [-0.05, 0) is 38.5 Å². The van der Waals surface area contributed by atoms with Crippen molar-refractivity contribution in [2.24, 2.45) is 0 Å². The van der Waals surface area contributed by atoms with Crippen molar-refractivity contribution in [3.63, 3.8) is 0 Å². The molecule has 0 fully saturated rings.